The molecule has 6 heteroatoms. The van der Waals surface area contributed by atoms with Crippen LogP contribution >= 0.6 is 0 Å². The molecule has 0 saturated heterocycles. The van der Waals surface area contributed by atoms with Crippen molar-refractivity contribution < 1.29 is 13.4 Å². The van der Waals surface area contributed by atoms with Gasteiger partial charge in [-0.1, -0.05) is 29.8 Å². The summed E-state index contributed by atoms with van der Waals surface area (Å²) in [6.07, 6.45) is 8.08. The molecule has 1 atom stereocenters. The zero-order valence-electron chi connectivity index (χ0n) is 18.3. The van der Waals surface area contributed by atoms with Gasteiger partial charge in [0.2, 0.25) is 5.89 Å². The van der Waals surface area contributed by atoms with Crippen molar-refractivity contribution in [3.05, 3.63) is 83.3 Å². The summed E-state index contributed by atoms with van der Waals surface area (Å²) < 4.78 is 18.4. The third-order valence-corrected chi connectivity index (χ3v) is 7.01. The number of nitrogens with one attached hydrogen (secondary N) is 1. The van der Waals surface area contributed by atoms with Gasteiger partial charge >= 0.3 is 0 Å². The fourth-order valence-electron chi connectivity index (χ4n) is 3.80. The highest BCUT2D eigenvalue weighted by atomic mass is 32.2. The second kappa shape index (κ2) is 10.6. The molecule has 1 heterocycles. The number of oxazole rings is 1. The van der Waals surface area contributed by atoms with Crippen molar-refractivity contribution in [3.63, 3.8) is 0 Å². The average molecular weight is 449 g/mol. The fraction of sp³-hybridized carbons (Fsp3) is 0.308. The number of carbonyl (C=O) groups is 1. The van der Waals surface area contributed by atoms with Gasteiger partial charge < -0.3 is 9.73 Å². The summed E-state index contributed by atoms with van der Waals surface area (Å²) in [6, 6.07) is 16.6. The van der Waals surface area contributed by atoms with Gasteiger partial charge in [0.1, 0.15) is 5.76 Å². The van der Waals surface area contributed by atoms with Crippen molar-refractivity contribution in [2.75, 3.05) is 6.54 Å². The molecule has 0 saturated carbocycles. The first kappa shape index (κ1) is 22.2. The Balaban J connectivity index is 1.36. The molecule has 1 aliphatic carbocycles. The zero-order chi connectivity index (χ0) is 22.3. The molecule has 1 aliphatic rings. The number of carbonyl (C=O) groups excluding carboxylic acids is 1. The first-order chi connectivity index (χ1) is 15.6. The van der Waals surface area contributed by atoms with Crippen LogP contribution in [0.15, 0.2) is 75.6 Å². The minimum Gasteiger partial charge on any atom is -0.441 e. The van der Waals surface area contributed by atoms with Crippen LogP contribution < -0.4 is 5.32 Å². The van der Waals surface area contributed by atoms with Crippen molar-refractivity contribution in [1.29, 1.82) is 0 Å². The quantitative estimate of drug-likeness (QED) is 0.457. The molecule has 1 N–H and O–H groups in total. The molecular weight excluding hydrogens is 420 g/mol. The predicted molar refractivity (Wildman–Crippen MR) is 127 cm³/mol. The van der Waals surface area contributed by atoms with Crippen LogP contribution in [0.4, 0.5) is 0 Å². The van der Waals surface area contributed by atoms with Crippen LogP contribution in [0.3, 0.4) is 0 Å². The van der Waals surface area contributed by atoms with E-state index in [4.69, 9.17) is 4.42 Å². The van der Waals surface area contributed by atoms with Crippen molar-refractivity contribution in [2.24, 2.45) is 0 Å². The SMILES string of the molecule is Cc1oc(-c2ccc(C(=O)NCCC3=CCCCC3)cc2)nc1C[S@](=O)c1ccccc1. The lowest BCUT2D eigenvalue weighted by molar-refractivity contribution is 0.0954. The summed E-state index contributed by atoms with van der Waals surface area (Å²) in [5, 5.41) is 3.00. The molecule has 32 heavy (non-hydrogen) atoms. The standard InChI is InChI=1S/C26H28N2O3S/c1-19-24(18-32(30)23-10-6-3-7-11-23)28-26(31-19)22-14-12-21(13-15-22)25(29)27-17-16-20-8-4-2-5-9-20/h3,6-8,10-15H,2,4-5,9,16-18H2,1H3,(H,27,29)/t32-/m0/s1. The van der Waals surface area contributed by atoms with Crippen molar-refractivity contribution in [3.8, 4) is 11.5 Å². The molecule has 2 aromatic carbocycles. The van der Waals surface area contributed by atoms with Gasteiger partial charge in [-0.25, -0.2) is 4.98 Å². The first-order valence-corrected chi connectivity index (χ1v) is 12.4. The Morgan fingerprint density at radius 3 is 2.59 bits per heavy atom. The van der Waals surface area contributed by atoms with E-state index in [-0.39, 0.29) is 5.91 Å². The van der Waals surface area contributed by atoms with Crippen molar-refractivity contribution in [2.45, 2.75) is 49.7 Å². The molecule has 0 radical (unpaired) electrons. The summed E-state index contributed by atoms with van der Waals surface area (Å²) in [4.78, 5) is 17.8. The van der Waals surface area contributed by atoms with Crippen molar-refractivity contribution >= 4 is 16.7 Å². The van der Waals surface area contributed by atoms with Gasteiger partial charge in [-0.3, -0.25) is 9.00 Å². The Labute approximate surface area is 191 Å². The molecule has 4 rings (SSSR count). The lowest BCUT2D eigenvalue weighted by Gasteiger charge is -2.13. The highest BCUT2D eigenvalue weighted by Crippen LogP contribution is 2.24. The van der Waals surface area contributed by atoms with E-state index in [9.17, 15) is 9.00 Å². The maximum atomic E-state index is 12.6. The summed E-state index contributed by atoms with van der Waals surface area (Å²) in [5.74, 6) is 1.35. The Bertz CT molecular complexity index is 1120. The second-order valence-electron chi connectivity index (χ2n) is 8.02. The van der Waals surface area contributed by atoms with Gasteiger partial charge in [0.25, 0.3) is 5.91 Å². The van der Waals surface area contributed by atoms with Crippen LogP contribution in [-0.4, -0.2) is 21.6 Å². The molecule has 0 bridgehead atoms. The summed E-state index contributed by atoms with van der Waals surface area (Å²) in [7, 11) is -1.18. The Morgan fingerprint density at radius 2 is 1.88 bits per heavy atom. The molecule has 5 nitrogen and oxygen atoms in total. The van der Waals surface area contributed by atoms with E-state index in [1.54, 1.807) is 12.1 Å². The zero-order valence-corrected chi connectivity index (χ0v) is 19.1. The number of allylic oxidation sites excluding steroid dienone is 1. The minimum absolute atomic E-state index is 0.0736. The third kappa shape index (κ3) is 5.62. The largest absolute Gasteiger partial charge is 0.441 e. The van der Waals surface area contributed by atoms with Crippen LogP contribution in [0.2, 0.25) is 0 Å². The summed E-state index contributed by atoms with van der Waals surface area (Å²) in [5.41, 5.74) is 3.53. The average Bonchev–Trinajstić information content (AvgIpc) is 3.20. The van der Waals surface area contributed by atoms with Crippen molar-refractivity contribution in [1.82, 2.24) is 10.3 Å². The summed E-state index contributed by atoms with van der Waals surface area (Å²) in [6.45, 7) is 2.49. The lowest BCUT2D eigenvalue weighted by Crippen LogP contribution is -2.24. The van der Waals surface area contributed by atoms with Gasteiger partial charge in [0.15, 0.2) is 0 Å². The molecule has 166 valence electrons. The van der Waals surface area contributed by atoms with Crippen LogP contribution in [0.1, 0.15) is 53.9 Å². The number of aryl methyl sites for hydroxylation is 1. The van der Waals surface area contributed by atoms with E-state index in [2.05, 4.69) is 16.4 Å². The van der Waals surface area contributed by atoms with Crippen LogP contribution in [0, 0.1) is 6.92 Å². The smallest absolute Gasteiger partial charge is 0.251 e. The van der Waals surface area contributed by atoms with E-state index in [0.717, 1.165) is 29.7 Å². The second-order valence-corrected chi connectivity index (χ2v) is 9.47. The van der Waals surface area contributed by atoms with Crippen LogP contribution in [-0.2, 0) is 16.6 Å². The van der Waals surface area contributed by atoms with E-state index in [1.807, 2.05) is 49.4 Å². The number of benzene rings is 2. The monoisotopic (exact) mass is 448 g/mol. The minimum atomic E-state index is -1.18. The van der Waals surface area contributed by atoms with Gasteiger partial charge in [-0.05, 0) is 75.4 Å². The number of nitrogens with zero attached hydrogens (tertiary/aromatic N) is 1. The van der Waals surface area contributed by atoms with E-state index >= 15 is 0 Å². The third-order valence-electron chi connectivity index (χ3n) is 5.68. The Morgan fingerprint density at radius 1 is 1.09 bits per heavy atom. The normalized spacial score (nSPS) is 14.6. The highest BCUT2D eigenvalue weighted by molar-refractivity contribution is 7.84. The molecule has 1 aromatic heterocycles. The highest BCUT2D eigenvalue weighted by Gasteiger charge is 2.16. The molecule has 3 aromatic rings. The van der Waals surface area contributed by atoms with E-state index in [0.29, 0.717) is 35.2 Å². The maximum absolute atomic E-state index is 12.6. The topological polar surface area (TPSA) is 72.2 Å². The fourth-order valence-corrected chi connectivity index (χ4v) is 4.94. The predicted octanol–water partition coefficient (Wildman–Crippen LogP) is 5.58. The summed E-state index contributed by atoms with van der Waals surface area (Å²) >= 11 is 0. The Hall–Kier alpha value is -2.99. The van der Waals surface area contributed by atoms with Gasteiger partial charge in [0, 0.05) is 22.6 Å². The van der Waals surface area contributed by atoms with Gasteiger partial charge in [-0.15, -0.1) is 0 Å². The van der Waals surface area contributed by atoms with E-state index in [1.165, 1.54) is 18.4 Å². The molecule has 0 unspecified atom stereocenters. The number of amides is 1. The van der Waals surface area contributed by atoms with Crippen LogP contribution in [0.5, 0.6) is 0 Å². The van der Waals surface area contributed by atoms with Gasteiger partial charge in [-0.2, -0.15) is 0 Å². The molecule has 1 amide bonds. The van der Waals surface area contributed by atoms with Crippen LogP contribution in [0.25, 0.3) is 11.5 Å². The number of aromatic nitrogens is 1. The Kier molecular flexibility index (Phi) is 7.32. The van der Waals surface area contributed by atoms with Gasteiger partial charge in [0.05, 0.1) is 22.2 Å². The number of hydrogen-bond acceptors (Lipinski definition) is 4. The number of hydrogen-bond donors (Lipinski definition) is 1. The molecular formula is C26H28N2O3S. The first-order valence-electron chi connectivity index (χ1n) is 11.1. The van der Waals surface area contributed by atoms with E-state index < -0.39 is 10.8 Å². The number of rotatable bonds is 8. The maximum Gasteiger partial charge on any atom is 0.251 e. The molecule has 0 spiro atoms. The lowest BCUT2D eigenvalue weighted by atomic mass is 9.97. The molecule has 0 aliphatic heterocycles. The molecule has 0 fully saturated rings.